The number of rotatable bonds is 8. The number of hydrogen-bond acceptors (Lipinski definition) is 9. The topological polar surface area (TPSA) is 148 Å². The number of nitrogens with one attached hydrogen (secondary N) is 2. The van der Waals surface area contributed by atoms with Crippen LogP contribution in [-0.4, -0.2) is 47.7 Å². The summed E-state index contributed by atoms with van der Waals surface area (Å²) in [5.41, 5.74) is -0.0117. The Morgan fingerprint density at radius 1 is 1.27 bits per heavy atom. The summed E-state index contributed by atoms with van der Waals surface area (Å²) in [5.74, 6) is 0.0872. The van der Waals surface area contributed by atoms with Crippen LogP contribution >= 0.6 is 11.3 Å². The lowest BCUT2D eigenvalue weighted by Crippen LogP contribution is -2.42. The van der Waals surface area contributed by atoms with Crippen molar-refractivity contribution in [3.8, 4) is 0 Å². The minimum absolute atomic E-state index is 0.104. The Hall–Kier alpha value is -3.29. The number of aromatic nitrogens is 1. The number of carbonyl (C=O) groups is 1. The molecule has 1 aromatic carbocycles. The summed E-state index contributed by atoms with van der Waals surface area (Å²) in [5, 5.41) is 16.7. The molecule has 1 aliphatic heterocycles. The van der Waals surface area contributed by atoms with E-state index in [1.807, 2.05) is 0 Å². The number of carbonyl (C=O) groups excluding carboxylic acids is 1. The first-order valence-electron chi connectivity index (χ1n) is 10.1. The predicted molar refractivity (Wildman–Crippen MR) is 120 cm³/mol. The highest BCUT2D eigenvalue weighted by atomic mass is 32.2. The SMILES string of the molecule is O=C(NCc1ccc(S(=O)(=O)N2CCC(Nc3cnco3)CC2)s1)c1cccc([N+](=O)[O-])c1. The van der Waals surface area contributed by atoms with Crippen molar-refractivity contribution in [2.75, 3.05) is 18.4 Å². The van der Waals surface area contributed by atoms with Crippen LogP contribution in [-0.2, 0) is 16.6 Å². The van der Waals surface area contributed by atoms with E-state index in [1.165, 1.54) is 41.0 Å². The van der Waals surface area contributed by atoms with Crippen molar-refractivity contribution < 1.29 is 22.6 Å². The molecule has 0 saturated carbocycles. The van der Waals surface area contributed by atoms with Crippen LogP contribution in [0.2, 0.25) is 0 Å². The number of hydrogen-bond donors (Lipinski definition) is 2. The predicted octanol–water partition coefficient (Wildman–Crippen LogP) is 2.84. The van der Waals surface area contributed by atoms with Crippen molar-refractivity contribution in [3.05, 3.63) is 69.5 Å². The van der Waals surface area contributed by atoms with Crippen LogP contribution in [0.4, 0.5) is 11.6 Å². The van der Waals surface area contributed by atoms with Crippen LogP contribution in [0.3, 0.4) is 0 Å². The Morgan fingerprint density at radius 2 is 2.06 bits per heavy atom. The Kier molecular flexibility index (Phi) is 6.72. The summed E-state index contributed by atoms with van der Waals surface area (Å²) in [6, 6.07) is 8.71. The zero-order valence-corrected chi connectivity index (χ0v) is 19.0. The summed E-state index contributed by atoms with van der Waals surface area (Å²) in [4.78, 5) is 27.1. The molecule has 1 amide bonds. The van der Waals surface area contributed by atoms with Gasteiger partial charge in [-0.05, 0) is 31.0 Å². The van der Waals surface area contributed by atoms with E-state index in [9.17, 15) is 23.3 Å². The smallest absolute Gasteiger partial charge is 0.270 e. The molecule has 0 unspecified atom stereocenters. The van der Waals surface area contributed by atoms with Crippen molar-refractivity contribution in [1.82, 2.24) is 14.6 Å². The number of nitro benzene ring substituents is 1. The lowest BCUT2D eigenvalue weighted by Gasteiger charge is -2.31. The molecule has 0 atom stereocenters. The molecule has 3 aromatic rings. The summed E-state index contributed by atoms with van der Waals surface area (Å²) in [7, 11) is -3.63. The van der Waals surface area contributed by atoms with Gasteiger partial charge in [0.05, 0.1) is 17.7 Å². The van der Waals surface area contributed by atoms with Crippen LogP contribution in [0, 0.1) is 10.1 Å². The standard InChI is InChI=1S/C20H21N5O6S2/c26-20(14-2-1-3-16(10-14)25(27)28)22-11-17-4-5-19(32-17)33(29,30)24-8-6-15(7-9-24)23-18-12-21-13-31-18/h1-5,10,12-13,15,23H,6-9,11H2,(H,22,26). The van der Waals surface area contributed by atoms with E-state index >= 15 is 0 Å². The zero-order chi connectivity index (χ0) is 23.4. The monoisotopic (exact) mass is 491 g/mol. The number of thiophene rings is 1. The van der Waals surface area contributed by atoms with Crippen LogP contribution in [0.5, 0.6) is 0 Å². The molecule has 2 N–H and O–H groups in total. The third-order valence-electron chi connectivity index (χ3n) is 5.21. The number of piperidine rings is 1. The molecule has 1 fully saturated rings. The van der Waals surface area contributed by atoms with Crippen molar-refractivity contribution in [2.45, 2.75) is 29.6 Å². The minimum atomic E-state index is -3.63. The van der Waals surface area contributed by atoms with Gasteiger partial charge in [-0.3, -0.25) is 14.9 Å². The maximum absolute atomic E-state index is 13.0. The van der Waals surface area contributed by atoms with E-state index in [0.29, 0.717) is 36.7 Å². The van der Waals surface area contributed by atoms with Gasteiger partial charge in [0, 0.05) is 41.7 Å². The van der Waals surface area contributed by atoms with Crippen LogP contribution in [0.1, 0.15) is 28.1 Å². The van der Waals surface area contributed by atoms with Gasteiger partial charge in [-0.2, -0.15) is 4.31 Å². The van der Waals surface area contributed by atoms with Gasteiger partial charge in [0.15, 0.2) is 6.39 Å². The molecule has 0 aliphatic carbocycles. The molecule has 174 valence electrons. The lowest BCUT2D eigenvalue weighted by atomic mass is 10.1. The van der Waals surface area contributed by atoms with Crippen LogP contribution < -0.4 is 10.6 Å². The first-order chi connectivity index (χ1) is 15.8. The molecule has 0 bridgehead atoms. The Morgan fingerprint density at radius 3 is 2.76 bits per heavy atom. The zero-order valence-electron chi connectivity index (χ0n) is 17.3. The second kappa shape index (κ2) is 9.68. The molecule has 1 saturated heterocycles. The largest absolute Gasteiger partial charge is 0.428 e. The average Bonchev–Trinajstić information content (AvgIpc) is 3.50. The third kappa shape index (κ3) is 5.38. The van der Waals surface area contributed by atoms with Gasteiger partial charge in [0.25, 0.3) is 21.6 Å². The summed E-state index contributed by atoms with van der Waals surface area (Å²) in [6.07, 6.45) is 4.19. The first-order valence-corrected chi connectivity index (χ1v) is 12.3. The molecule has 1 aliphatic rings. The number of amides is 1. The maximum atomic E-state index is 13.0. The van der Waals surface area contributed by atoms with E-state index in [2.05, 4.69) is 15.6 Å². The maximum Gasteiger partial charge on any atom is 0.270 e. The quantitative estimate of drug-likeness (QED) is 0.361. The highest BCUT2D eigenvalue weighted by Gasteiger charge is 2.30. The number of non-ortho nitro benzene ring substituents is 1. The summed E-state index contributed by atoms with van der Waals surface area (Å²) >= 11 is 1.09. The summed E-state index contributed by atoms with van der Waals surface area (Å²) < 4.78 is 32.9. The number of anilines is 1. The number of nitrogens with zero attached hydrogens (tertiary/aromatic N) is 3. The van der Waals surface area contributed by atoms with Crippen molar-refractivity contribution in [2.24, 2.45) is 0 Å². The van der Waals surface area contributed by atoms with Gasteiger partial charge in [0.2, 0.25) is 5.88 Å². The van der Waals surface area contributed by atoms with E-state index in [0.717, 1.165) is 11.3 Å². The fourth-order valence-corrected chi connectivity index (χ4v) is 6.40. The minimum Gasteiger partial charge on any atom is -0.428 e. The summed E-state index contributed by atoms with van der Waals surface area (Å²) in [6.45, 7) is 0.876. The molecule has 0 radical (unpaired) electrons. The molecule has 4 rings (SSSR count). The third-order valence-corrected chi connectivity index (χ3v) is 8.66. The van der Waals surface area contributed by atoms with Crippen LogP contribution in [0.15, 0.2) is 57.6 Å². The van der Waals surface area contributed by atoms with E-state index < -0.39 is 20.9 Å². The Balaban J connectivity index is 1.33. The molecule has 0 spiro atoms. The van der Waals surface area contributed by atoms with Crippen molar-refractivity contribution >= 4 is 38.8 Å². The van der Waals surface area contributed by atoms with Gasteiger partial charge in [-0.1, -0.05) is 6.07 Å². The normalized spacial score (nSPS) is 15.3. The molecule has 13 heteroatoms. The van der Waals surface area contributed by atoms with Gasteiger partial charge < -0.3 is 15.1 Å². The second-order valence-corrected chi connectivity index (χ2v) is 10.7. The molecule has 33 heavy (non-hydrogen) atoms. The van der Waals surface area contributed by atoms with Gasteiger partial charge in [-0.15, -0.1) is 11.3 Å². The Labute approximate surface area is 193 Å². The van der Waals surface area contributed by atoms with Crippen LogP contribution in [0.25, 0.3) is 0 Å². The number of benzene rings is 1. The first kappa shape index (κ1) is 22.9. The van der Waals surface area contributed by atoms with Gasteiger partial charge in [0.1, 0.15) is 4.21 Å². The lowest BCUT2D eigenvalue weighted by molar-refractivity contribution is -0.384. The van der Waals surface area contributed by atoms with E-state index in [-0.39, 0.29) is 28.0 Å². The fraction of sp³-hybridized carbons (Fsp3) is 0.300. The number of oxazole rings is 1. The average molecular weight is 492 g/mol. The Bertz CT molecular complexity index is 1230. The van der Waals surface area contributed by atoms with E-state index in [4.69, 9.17) is 4.42 Å². The fourth-order valence-electron chi connectivity index (χ4n) is 3.48. The molecule has 3 heterocycles. The molecule has 11 nitrogen and oxygen atoms in total. The van der Waals surface area contributed by atoms with Gasteiger partial charge >= 0.3 is 0 Å². The van der Waals surface area contributed by atoms with Gasteiger partial charge in [-0.25, -0.2) is 13.4 Å². The molecule has 2 aromatic heterocycles. The second-order valence-electron chi connectivity index (χ2n) is 7.40. The van der Waals surface area contributed by atoms with E-state index in [1.54, 1.807) is 12.3 Å². The molecular weight excluding hydrogens is 470 g/mol. The van der Waals surface area contributed by atoms with Crippen molar-refractivity contribution in [3.63, 3.8) is 0 Å². The number of nitro groups is 1. The highest BCUT2D eigenvalue weighted by molar-refractivity contribution is 7.91. The highest BCUT2D eigenvalue weighted by Crippen LogP contribution is 2.28. The molecular formula is C20H21N5O6S2. The number of sulfonamides is 1. The van der Waals surface area contributed by atoms with Crippen molar-refractivity contribution in [1.29, 1.82) is 0 Å².